The minimum atomic E-state index is -0.224. The summed E-state index contributed by atoms with van der Waals surface area (Å²) in [5.74, 6) is 1.27. The van der Waals surface area contributed by atoms with Crippen molar-refractivity contribution in [3.8, 4) is 0 Å². The van der Waals surface area contributed by atoms with Crippen LogP contribution in [0.25, 0.3) is 17.1 Å². The van der Waals surface area contributed by atoms with Gasteiger partial charge in [0.05, 0.1) is 23.3 Å². The average molecular weight is 420 g/mol. The van der Waals surface area contributed by atoms with Gasteiger partial charge in [-0.2, -0.15) is 0 Å². The maximum atomic E-state index is 12.5. The molecule has 0 bridgehead atoms. The summed E-state index contributed by atoms with van der Waals surface area (Å²) in [7, 11) is 0. The van der Waals surface area contributed by atoms with Crippen molar-refractivity contribution < 1.29 is 9.21 Å². The molecule has 2 heterocycles. The fraction of sp³-hybridized carbons (Fsp3) is 0.167. The first kappa shape index (κ1) is 20.0. The van der Waals surface area contributed by atoms with E-state index in [1.54, 1.807) is 24.5 Å². The molecule has 30 heavy (non-hydrogen) atoms. The van der Waals surface area contributed by atoms with Crippen LogP contribution in [0.15, 0.2) is 77.4 Å². The number of carbonyl (C=O) groups is 1. The summed E-state index contributed by atoms with van der Waals surface area (Å²) in [5, 5.41) is 3.77. The van der Waals surface area contributed by atoms with Crippen molar-refractivity contribution in [3.63, 3.8) is 0 Å². The number of furan rings is 1. The maximum Gasteiger partial charge on any atom is 0.244 e. The van der Waals surface area contributed by atoms with E-state index in [0.717, 1.165) is 22.4 Å². The van der Waals surface area contributed by atoms with E-state index in [1.165, 1.54) is 6.08 Å². The zero-order chi connectivity index (χ0) is 20.9. The van der Waals surface area contributed by atoms with Gasteiger partial charge >= 0.3 is 0 Å². The van der Waals surface area contributed by atoms with Crippen molar-refractivity contribution in [2.75, 3.05) is 0 Å². The summed E-state index contributed by atoms with van der Waals surface area (Å²) in [6.07, 6.45) is 5.42. The first-order chi connectivity index (χ1) is 14.6. The van der Waals surface area contributed by atoms with Crippen LogP contribution in [0, 0.1) is 0 Å². The molecule has 0 saturated heterocycles. The van der Waals surface area contributed by atoms with E-state index in [2.05, 4.69) is 9.88 Å². The van der Waals surface area contributed by atoms with Gasteiger partial charge in [-0.25, -0.2) is 4.98 Å². The molecule has 4 aromatic rings. The number of halogens is 1. The molecule has 0 radical (unpaired) electrons. The minimum absolute atomic E-state index is 0.191. The number of hydrogen-bond donors (Lipinski definition) is 1. The van der Waals surface area contributed by atoms with Crippen LogP contribution in [0.1, 0.15) is 36.5 Å². The molecule has 0 aliphatic rings. The van der Waals surface area contributed by atoms with Crippen LogP contribution in [-0.4, -0.2) is 15.5 Å². The van der Waals surface area contributed by atoms with E-state index in [-0.39, 0.29) is 11.9 Å². The van der Waals surface area contributed by atoms with Crippen LogP contribution < -0.4 is 5.32 Å². The molecule has 0 spiro atoms. The predicted octanol–water partition coefficient (Wildman–Crippen LogP) is 5.61. The Balaban J connectivity index is 1.63. The fourth-order valence-corrected chi connectivity index (χ4v) is 3.54. The Morgan fingerprint density at radius 3 is 2.70 bits per heavy atom. The number of rotatable bonds is 7. The summed E-state index contributed by atoms with van der Waals surface area (Å²) in [4.78, 5) is 17.4. The number of benzene rings is 2. The zero-order valence-electron chi connectivity index (χ0n) is 16.6. The van der Waals surface area contributed by atoms with Gasteiger partial charge in [0.2, 0.25) is 5.91 Å². The van der Waals surface area contributed by atoms with Gasteiger partial charge in [-0.3, -0.25) is 4.79 Å². The first-order valence-electron chi connectivity index (χ1n) is 9.85. The number of amides is 1. The van der Waals surface area contributed by atoms with Crippen molar-refractivity contribution in [2.24, 2.45) is 0 Å². The normalized spacial score (nSPS) is 12.5. The van der Waals surface area contributed by atoms with Gasteiger partial charge in [-0.15, -0.1) is 0 Å². The van der Waals surface area contributed by atoms with Crippen molar-refractivity contribution in [3.05, 3.63) is 95.2 Å². The lowest BCUT2D eigenvalue weighted by Crippen LogP contribution is -2.29. The van der Waals surface area contributed by atoms with Crippen molar-refractivity contribution in [1.29, 1.82) is 0 Å². The number of nitrogens with one attached hydrogen (secondary N) is 1. The third kappa shape index (κ3) is 4.47. The van der Waals surface area contributed by atoms with Crippen molar-refractivity contribution in [1.82, 2.24) is 14.9 Å². The third-order valence-corrected chi connectivity index (χ3v) is 5.17. The Morgan fingerprint density at radius 1 is 1.17 bits per heavy atom. The summed E-state index contributed by atoms with van der Waals surface area (Å²) >= 11 is 6.04. The van der Waals surface area contributed by atoms with E-state index in [0.29, 0.717) is 23.7 Å². The second-order valence-corrected chi connectivity index (χ2v) is 7.43. The second kappa shape index (κ2) is 9.01. The largest absolute Gasteiger partial charge is 0.465 e. The topological polar surface area (TPSA) is 60.1 Å². The lowest BCUT2D eigenvalue weighted by molar-refractivity contribution is -0.117. The molecule has 0 saturated carbocycles. The SMILES string of the molecule is CCC(NC(=O)/C=C/c1ccco1)c1nc2ccccc2n1Cc1ccc(Cl)cc1. The Morgan fingerprint density at radius 2 is 1.97 bits per heavy atom. The summed E-state index contributed by atoms with van der Waals surface area (Å²) in [5.41, 5.74) is 3.05. The van der Waals surface area contributed by atoms with Crippen molar-refractivity contribution in [2.45, 2.75) is 25.9 Å². The van der Waals surface area contributed by atoms with Crippen LogP contribution in [0.4, 0.5) is 0 Å². The summed E-state index contributed by atoms with van der Waals surface area (Å²) < 4.78 is 7.40. The average Bonchev–Trinajstić information content (AvgIpc) is 3.40. The van der Waals surface area contributed by atoms with Gasteiger partial charge in [0, 0.05) is 17.6 Å². The molecule has 4 rings (SSSR count). The number of hydrogen-bond acceptors (Lipinski definition) is 3. The van der Waals surface area contributed by atoms with Crippen molar-refractivity contribution >= 4 is 34.6 Å². The van der Waals surface area contributed by atoms with Crippen LogP contribution in [0.5, 0.6) is 0 Å². The van der Waals surface area contributed by atoms with E-state index in [4.69, 9.17) is 21.0 Å². The van der Waals surface area contributed by atoms with E-state index in [1.807, 2.05) is 55.5 Å². The molecule has 0 fully saturated rings. The highest BCUT2D eigenvalue weighted by atomic mass is 35.5. The molecule has 0 aliphatic heterocycles. The molecule has 152 valence electrons. The number of nitrogens with zero attached hydrogens (tertiary/aromatic N) is 2. The molecule has 1 N–H and O–H groups in total. The molecular formula is C24H22ClN3O2. The second-order valence-electron chi connectivity index (χ2n) is 6.99. The molecule has 2 aromatic carbocycles. The molecule has 5 nitrogen and oxygen atoms in total. The van der Waals surface area contributed by atoms with E-state index >= 15 is 0 Å². The Hall–Kier alpha value is -3.31. The highest BCUT2D eigenvalue weighted by Crippen LogP contribution is 2.24. The first-order valence-corrected chi connectivity index (χ1v) is 10.2. The van der Waals surface area contributed by atoms with E-state index in [9.17, 15) is 4.79 Å². The molecule has 6 heteroatoms. The number of imidazole rings is 1. The molecule has 1 unspecified atom stereocenters. The number of aromatic nitrogens is 2. The van der Waals surface area contributed by atoms with Gasteiger partial charge in [-0.05, 0) is 54.5 Å². The van der Waals surface area contributed by atoms with Gasteiger partial charge in [0.15, 0.2) is 0 Å². The highest BCUT2D eigenvalue weighted by molar-refractivity contribution is 6.30. The van der Waals surface area contributed by atoms with Gasteiger partial charge in [-0.1, -0.05) is 42.8 Å². The smallest absolute Gasteiger partial charge is 0.244 e. The number of carbonyl (C=O) groups excluding carboxylic acids is 1. The summed E-state index contributed by atoms with van der Waals surface area (Å²) in [6, 6.07) is 19.1. The molecule has 2 aromatic heterocycles. The lowest BCUT2D eigenvalue weighted by Gasteiger charge is -2.18. The highest BCUT2D eigenvalue weighted by Gasteiger charge is 2.20. The lowest BCUT2D eigenvalue weighted by atomic mass is 10.2. The fourth-order valence-electron chi connectivity index (χ4n) is 3.41. The maximum absolute atomic E-state index is 12.5. The Kier molecular flexibility index (Phi) is 6.00. The van der Waals surface area contributed by atoms with Gasteiger partial charge in [0.1, 0.15) is 11.6 Å². The zero-order valence-corrected chi connectivity index (χ0v) is 17.3. The predicted molar refractivity (Wildman–Crippen MR) is 119 cm³/mol. The molecule has 0 aliphatic carbocycles. The standard InChI is InChI=1S/C24H22ClN3O2/c1-2-20(26-23(29)14-13-19-6-5-15-30-19)24-27-21-7-3-4-8-22(21)28(24)16-17-9-11-18(25)12-10-17/h3-15,20H,2,16H2,1H3,(H,26,29)/b14-13+. The quantitative estimate of drug-likeness (QED) is 0.396. The third-order valence-electron chi connectivity index (χ3n) is 4.92. The number of fused-ring (bicyclic) bond motifs is 1. The van der Waals surface area contributed by atoms with Gasteiger partial charge in [0.25, 0.3) is 0 Å². The molecule has 1 atom stereocenters. The monoisotopic (exact) mass is 419 g/mol. The van der Waals surface area contributed by atoms with Crippen LogP contribution in [0.3, 0.4) is 0 Å². The summed E-state index contributed by atoms with van der Waals surface area (Å²) in [6.45, 7) is 2.68. The Labute approximate surface area is 180 Å². The molecular weight excluding hydrogens is 398 g/mol. The van der Waals surface area contributed by atoms with Crippen LogP contribution in [-0.2, 0) is 11.3 Å². The van der Waals surface area contributed by atoms with Crippen LogP contribution in [0.2, 0.25) is 5.02 Å². The minimum Gasteiger partial charge on any atom is -0.465 e. The Bertz CT molecular complexity index is 1160. The van der Waals surface area contributed by atoms with Gasteiger partial charge < -0.3 is 14.3 Å². The van der Waals surface area contributed by atoms with E-state index < -0.39 is 0 Å². The van der Waals surface area contributed by atoms with Crippen LogP contribution >= 0.6 is 11.6 Å². The number of para-hydroxylation sites is 2. The molecule has 1 amide bonds.